The van der Waals surface area contributed by atoms with Crippen molar-refractivity contribution in [2.24, 2.45) is 0 Å². The smallest absolute Gasteiger partial charge is 0.423 e. The number of carbonyl (C=O) groups is 1. The summed E-state index contributed by atoms with van der Waals surface area (Å²) < 4.78 is 30.1. The van der Waals surface area contributed by atoms with Gasteiger partial charge in [0.2, 0.25) is 0 Å². The maximum atomic E-state index is 13.0. The van der Waals surface area contributed by atoms with Crippen LogP contribution in [0.25, 0.3) is 0 Å². The number of rotatable bonds is 5. The number of hydrogen-bond acceptors (Lipinski definition) is 6. The van der Waals surface area contributed by atoms with Gasteiger partial charge in [0.05, 0.1) is 6.54 Å². The molecule has 3 aliphatic rings. The Morgan fingerprint density at radius 2 is 1.94 bits per heavy atom. The van der Waals surface area contributed by atoms with E-state index in [1.54, 1.807) is 16.9 Å². The van der Waals surface area contributed by atoms with Crippen molar-refractivity contribution in [3.05, 3.63) is 52.1 Å². The summed E-state index contributed by atoms with van der Waals surface area (Å²) in [4.78, 5) is 12.8. The molecule has 11 heteroatoms. The van der Waals surface area contributed by atoms with Crippen molar-refractivity contribution >= 4 is 28.8 Å². The third kappa shape index (κ3) is 4.20. The van der Waals surface area contributed by atoms with Crippen LogP contribution in [0.4, 0.5) is 10.5 Å². The summed E-state index contributed by atoms with van der Waals surface area (Å²) in [7, 11) is -4.56. The van der Waals surface area contributed by atoms with Crippen LogP contribution < -0.4 is 10.0 Å². The Hall–Kier alpha value is -2.63. The molecule has 5 rings (SSSR count). The topological polar surface area (TPSA) is 129 Å². The van der Waals surface area contributed by atoms with E-state index in [2.05, 4.69) is 21.2 Å². The minimum Gasteiger partial charge on any atom is -0.423 e. The van der Waals surface area contributed by atoms with Crippen molar-refractivity contribution in [3.63, 3.8) is 0 Å². The molecule has 0 fully saturated rings. The minimum atomic E-state index is -3.63. The van der Waals surface area contributed by atoms with Crippen molar-refractivity contribution in [3.8, 4) is 0 Å². The van der Waals surface area contributed by atoms with E-state index in [-0.39, 0.29) is 5.03 Å². The SMILES string of the molecule is N=S(=O)(NC(=O)Nc1c2c(cc3c1CCC3)CCC2)c1ccn(CC2=CB(O)OCC2)n1. The number of urea groups is 1. The van der Waals surface area contributed by atoms with E-state index in [4.69, 9.17) is 9.43 Å². The Morgan fingerprint density at radius 3 is 2.62 bits per heavy atom. The molecule has 2 aromatic rings. The Kier molecular flexibility index (Phi) is 5.56. The summed E-state index contributed by atoms with van der Waals surface area (Å²) >= 11 is 0. The standard InChI is InChI=1S/C21H26BN5O4S/c23-32(30,19-7-9-27(25-19)13-14-8-10-31-22(29)12-14)26-21(28)24-20-17-5-1-3-15(17)11-16-4-2-6-18(16)20/h7,9,11-12,29H,1-6,8,10,13H2,(H3,23,24,26,28,30). The summed E-state index contributed by atoms with van der Waals surface area (Å²) in [6.45, 7) is 0.815. The molecule has 4 N–H and O–H groups in total. The zero-order chi connectivity index (χ0) is 22.3. The van der Waals surface area contributed by atoms with Gasteiger partial charge in [-0.2, -0.15) is 5.10 Å². The Balaban J connectivity index is 1.30. The van der Waals surface area contributed by atoms with Crippen molar-refractivity contribution in [2.75, 3.05) is 11.9 Å². The second-order valence-electron chi connectivity index (χ2n) is 8.53. The average Bonchev–Trinajstić information content (AvgIpc) is 3.48. The highest BCUT2D eigenvalue weighted by molar-refractivity contribution is 7.91. The number of carbonyl (C=O) groups excluding carboxylic acids is 1. The second-order valence-corrected chi connectivity index (χ2v) is 10.3. The summed E-state index contributed by atoms with van der Waals surface area (Å²) in [5, 5.41) is 16.7. The molecule has 0 radical (unpaired) electrons. The predicted molar refractivity (Wildman–Crippen MR) is 121 cm³/mol. The van der Waals surface area contributed by atoms with Crippen molar-refractivity contribution < 1.29 is 18.7 Å². The quantitative estimate of drug-likeness (QED) is 0.515. The fraction of sp³-hybridized carbons (Fsp3) is 0.429. The molecule has 0 saturated heterocycles. The lowest BCUT2D eigenvalue weighted by atomic mass is 9.84. The molecule has 1 unspecified atom stereocenters. The minimum absolute atomic E-state index is 0.00984. The largest absolute Gasteiger partial charge is 0.483 e. The zero-order valence-electron chi connectivity index (χ0n) is 17.7. The van der Waals surface area contributed by atoms with Crippen LogP contribution in [0.15, 0.2) is 34.9 Å². The molecule has 1 aromatic heterocycles. The number of fused-ring (bicyclic) bond motifs is 2. The third-order valence-corrected chi connectivity index (χ3v) is 7.59. The Labute approximate surface area is 187 Å². The van der Waals surface area contributed by atoms with Crippen molar-refractivity contribution in [1.82, 2.24) is 14.5 Å². The van der Waals surface area contributed by atoms with Gasteiger partial charge in [0.25, 0.3) is 0 Å². The lowest BCUT2D eigenvalue weighted by Crippen LogP contribution is -2.34. The average molecular weight is 455 g/mol. The van der Waals surface area contributed by atoms with Gasteiger partial charge >= 0.3 is 13.1 Å². The van der Waals surface area contributed by atoms with E-state index in [0.717, 1.165) is 49.8 Å². The van der Waals surface area contributed by atoms with Crippen LogP contribution in [0.1, 0.15) is 41.5 Å². The number of benzene rings is 1. The van der Waals surface area contributed by atoms with E-state index < -0.39 is 23.1 Å². The molecule has 0 bridgehead atoms. The maximum absolute atomic E-state index is 13.0. The van der Waals surface area contributed by atoms with Crippen LogP contribution in [-0.4, -0.2) is 38.8 Å². The molecule has 1 aliphatic heterocycles. The van der Waals surface area contributed by atoms with Crippen LogP contribution in [0.5, 0.6) is 0 Å². The van der Waals surface area contributed by atoms with E-state index >= 15 is 0 Å². The van der Waals surface area contributed by atoms with Gasteiger partial charge in [-0.3, -0.25) is 4.68 Å². The van der Waals surface area contributed by atoms with Gasteiger partial charge in [0.15, 0.2) is 14.9 Å². The van der Waals surface area contributed by atoms with Crippen molar-refractivity contribution in [1.29, 1.82) is 4.78 Å². The molecule has 9 nitrogen and oxygen atoms in total. The van der Waals surface area contributed by atoms with Crippen LogP contribution in [0.3, 0.4) is 0 Å². The van der Waals surface area contributed by atoms with Gasteiger partial charge in [-0.15, -0.1) is 0 Å². The third-order valence-electron chi connectivity index (χ3n) is 6.31. The number of amides is 2. The molecule has 1 atom stereocenters. The van der Waals surface area contributed by atoms with Gasteiger partial charge < -0.3 is 15.0 Å². The Bertz CT molecular complexity index is 1170. The first-order chi connectivity index (χ1) is 15.4. The molecular formula is C21H26BN5O4S. The van der Waals surface area contributed by atoms with Crippen LogP contribution in [0, 0.1) is 4.78 Å². The van der Waals surface area contributed by atoms with Gasteiger partial charge in [-0.1, -0.05) is 17.6 Å². The fourth-order valence-corrected chi connectivity index (χ4v) is 5.75. The van der Waals surface area contributed by atoms with Crippen LogP contribution >= 0.6 is 0 Å². The first-order valence-electron chi connectivity index (χ1n) is 11.0. The lowest BCUT2D eigenvalue weighted by molar-refractivity contribution is 0.256. The monoisotopic (exact) mass is 455 g/mol. The summed E-state index contributed by atoms with van der Waals surface area (Å²) in [6, 6.07) is 3.11. The number of aromatic nitrogens is 2. The van der Waals surface area contributed by atoms with E-state index in [0.29, 0.717) is 19.6 Å². The van der Waals surface area contributed by atoms with Crippen molar-refractivity contribution in [2.45, 2.75) is 56.5 Å². The van der Waals surface area contributed by atoms with E-state index in [1.807, 2.05) is 0 Å². The first-order valence-corrected chi connectivity index (χ1v) is 12.5. The van der Waals surface area contributed by atoms with Gasteiger partial charge in [0.1, 0.15) is 0 Å². The highest BCUT2D eigenvalue weighted by Gasteiger charge is 2.26. The van der Waals surface area contributed by atoms with Gasteiger partial charge in [-0.25, -0.2) is 18.5 Å². The highest BCUT2D eigenvalue weighted by atomic mass is 32.2. The number of anilines is 1. The molecular weight excluding hydrogens is 429 g/mol. The molecule has 2 amide bonds. The maximum Gasteiger partial charge on any atom is 0.483 e. The predicted octanol–water partition coefficient (Wildman–Crippen LogP) is 2.37. The van der Waals surface area contributed by atoms with Crippen LogP contribution in [0.2, 0.25) is 0 Å². The summed E-state index contributed by atoms with van der Waals surface area (Å²) in [6.07, 6.45) is 8.30. The zero-order valence-corrected chi connectivity index (χ0v) is 18.5. The normalized spacial score (nSPS) is 19.2. The number of aryl methyl sites for hydroxylation is 2. The fourth-order valence-electron chi connectivity index (χ4n) is 4.86. The number of nitrogens with one attached hydrogen (secondary N) is 3. The summed E-state index contributed by atoms with van der Waals surface area (Å²) in [5.41, 5.74) is 6.71. The molecule has 168 valence electrons. The van der Waals surface area contributed by atoms with Crippen LogP contribution in [-0.2, 0) is 46.8 Å². The highest BCUT2D eigenvalue weighted by Crippen LogP contribution is 2.38. The second kappa shape index (κ2) is 8.38. The van der Waals surface area contributed by atoms with Gasteiger partial charge in [-0.05, 0) is 73.3 Å². The molecule has 0 spiro atoms. The molecule has 2 aliphatic carbocycles. The van der Waals surface area contributed by atoms with Gasteiger partial charge in [0, 0.05) is 18.5 Å². The first kappa shape index (κ1) is 21.2. The summed E-state index contributed by atoms with van der Waals surface area (Å²) in [5.74, 6) is 1.62. The molecule has 32 heavy (non-hydrogen) atoms. The van der Waals surface area contributed by atoms with E-state index in [1.165, 1.54) is 28.3 Å². The molecule has 2 heterocycles. The number of hydrogen-bond donors (Lipinski definition) is 4. The molecule has 1 aromatic carbocycles. The lowest BCUT2D eigenvalue weighted by Gasteiger charge is -2.17. The van der Waals surface area contributed by atoms with E-state index in [9.17, 15) is 14.0 Å². The molecule has 0 saturated carbocycles. The number of nitrogens with zero attached hydrogens (tertiary/aromatic N) is 2. The Morgan fingerprint density at radius 1 is 1.22 bits per heavy atom.